The number of nitrogens with zero attached hydrogens (tertiary/aromatic N) is 3. The van der Waals surface area contributed by atoms with E-state index in [4.69, 9.17) is 0 Å². The van der Waals surface area contributed by atoms with Crippen LogP contribution in [0.5, 0.6) is 0 Å². The van der Waals surface area contributed by atoms with E-state index in [0.29, 0.717) is 18.4 Å². The summed E-state index contributed by atoms with van der Waals surface area (Å²) in [5, 5.41) is 0. The molecular formula is C22H24BrN3O. The lowest BCUT2D eigenvalue weighted by atomic mass is 9.95. The minimum atomic E-state index is -0.0122. The molecule has 0 aromatic heterocycles. The molecule has 0 N–H and O–H groups in total. The van der Waals surface area contributed by atoms with Crippen molar-refractivity contribution in [1.29, 1.82) is 0 Å². The van der Waals surface area contributed by atoms with Crippen molar-refractivity contribution < 1.29 is 4.79 Å². The third kappa shape index (κ3) is 3.85. The number of halogens is 1. The predicted molar refractivity (Wildman–Crippen MR) is 114 cm³/mol. The number of anilines is 1. The number of aliphatic imine (C=N–C) groups is 1. The summed E-state index contributed by atoms with van der Waals surface area (Å²) in [4.78, 5) is 22.1. The fourth-order valence-corrected chi connectivity index (χ4v) is 4.28. The molecule has 0 radical (unpaired) electrons. The molecule has 1 fully saturated rings. The van der Waals surface area contributed by atoms with Gasteiger partial charge in [0.1, 0.15) is 5.71 Å². The van der Waals surface area contributed by atoms with E-state index in [2.05, 4.69) is 32.9 Å². The average Bonchev–Trinajstić information content (AvgIpc) is 2.96. The van der Waals surface area contributed by atoms with Gasteiger partial charge in [-0.05, 0) is 50.2 Å². The molecule has 0 saturated heterocycles. The van der Waals surface area contributed by atoms with Crippen LogP contribution in [0.1, 0.15) is 37.7 Å². The first-order chi connectivity index (χ1) is 13.1. The second kappa shape index (κ2) is 7.95. The first-order valence-corrected chi connectivity index (χ1v) is 10.4. The largest absolute Gasteiger partial charge is 0.293 e. The Morgan fingerprint density at radius 1 is 1.07 bits per heavy atom. The maximum absolute atomic E-state index is 13.2. The normalized spacial score (nSPS) is 19.1. The van der Waals surface area contributed by atoms with Crippen LogP contribution in [0.25, 0.3) is 0 Å². The Hall–Kier alpha value is -1.98. The molecule has 140 valence electrons. The Morgan fingerprint density at radius 3 is 2.52 bits per heavy atom. The minimum absolute atomic E-state index is 0.0122. The highest BCUT2D eigenvalue weighted by molar-refractivity contribution is 9.10. The van der Waals surface area contributed by atoms with E-state index < -0.39 is 0 Å². The highest BCUT2D eigenvalue weighted by Crippen LogP contribution is 2.32. The van der Waals surface area contributed by atoms with E-state index in [1.54, 1.807) is 0 Å². The average molecular weight is 426 g/mol. The molecule has 5 heteroatoms. The maximum Gasteiger partial charge on any atom is 0.278 e. The van der Waals surface area contributed by atoms with Crippen LogP contribution in [0.4, 0.5) is 11.4 Å². The lowest BCUT2D eigenvalue weighted by molar-refractivity contribution is -0.112. The van der Waals surface area contributed by atoms with Crippen LogP contribution >= 0.6 is 15.9 Å². The fraction of sp³-hybridized carbons (Fsp3) is 0.364. The molecule has 0 atom stereocenters. The Balaban J connectivity index is 1.62. The van der Waals surface area contributed by atoms with Gasteiger partial charge in [-0.15, -0.1) is 0 Å². The number of hydrogen-bond donors (Lipinski definition) is 0. The van der Waals surface area contributed by atoms with Crippen LogP contribution in [0, 0.1) is 0 Å². The molecule has 4 nitrogen and oxygen atoms in total. The van der Waals surface area contributed by atoms with Crippen molar-refractivity contribution in [2.75, 3.05) is 18.6 Å². The number of carbonyl (C=O) groups is 1. The molecule has 1 aliphatic heterocycles. The van der Waals surface area contributed by atoms with Crippen LogP contribution in [0.15, 0.2) is 58.0 Å². The van der Waals surface area contributed by atoms with Crippen molar-refractivity contribution >= 4 is 38.9 Å². The van der Waals surface area contributed by atoms with E-state index in [1.807, 2.05) is 53.4 Å². The van der Waals surface area contributed by atoms with Crippen molar-refractivity contribution in [3.05, 3.63) is 58.6 Å². The van der Waals surface area contributed by atoms with E-state index in [-0.39, 0.29) is 5.91 Å². The maximum atomic E-state index is 13.2. The molecule has 1 amide bonds. The molecule has 2 aromatic rings. The van der Waals surface area contributed by atoms with E-state index in [0.717, 1.165) is 21.4 Å². The number of carbonyl (C=O) groups excluding carboxylic acids is 1. The van der Waals surface area contributed by atoms with Gasteiger partial charge >= 0.3 is 0 Å². The third-order valence-electron chi connectivity index (χ3n) is 5.53. The second-order valence-electron chi connectivity index (χ2n) is 7.38. The van der Waals surface area contributed by atoms with Gasteiger partial charge in [0.25, 0.3) is 5.91 Å². The Bertz CT molecular complexity index is 856. The zero-order valence-electron chi connectivity index (χ0n) is 15.6. The summed E-state index contributed by atoms with van der Waals surface area (Å²) >= 11 is 3.44. The summed E-state index contributed by atoms with van der Waals surface area (Å²) in [5.74, 6) is -0.0122. The minimum Gasteiger partial charge on any atom is -0.293 e. The summed E-state index contributed by atoms with van der Waals surface area (Å²) in [6, 6.07) is 16.3. The van der Waals surface area contributed by atoms with Gasteiger partial charge in [0.05, 0.1) is 18.0 Å². The highest BCUT2D eigenvalue weighted by atomic mass is 79.9. The highest BCUT2D eigenvalue weighted by Gasteiger charge is 2.35. The number of fused-ring (bicyclic) bond motifs is 1. The van der Waals surface area contributed by atoms with Crippen molar-refractivity contribution in [3.63, 3.8) is 0 Å². The van der Waals surface area contributed by atoms with Crippen LogP contribution in [0.3, 0.4) is 0 Å². The van der Waals surface area contributed by atoms with E-state index in [1.165, 1.54) is 32.1 Å². The number of rotatable bonds is 4. The van der Waals surface area contributed by atoms with Gasteiger partial charge in [-0.3, -0.25) is 14.6 Å². The molecule has 2 aromatic carbocycles. The van der Waals surface area contributed by atoms with Gasteiger partial charge in [-0.25, -0.2) is 4.99 Å². The van der Waals surface area contributed by atoms with Gasteiger partial charge in [-0.1, -0.05) is 53.4 Å². The zero-order chi connectivity index (χ0) is 18.8. The lowest BCUT2D eigenvalue weighted by Gasteiger charge is -2.34. The molecule has 0 bridgehead atoms. The Labute approximate surface area is 169 Å². The van der Waals surface area contributed by atoms with Crippen LogP contribution in [0.2, 0.25) is 0 Å². The van der Waals surface area contributed by atoms with Gasteiger partial charge in [0.15, 0.2) is 0 Å². The summed E-state index contributed by atoms with van der Waals surface area (Å²) in [6.45, 7) is 0.611. The van der Waals surface area contributed by atoms with Crippen molar-refractivity contribution in [1.82, 2.24) is 4.90 Å². The number of para-hydroxylation sites is 1. The molecule has 2 aliphatic rings. The summed E-state index contributed by atoms with van der Waals surface area (Å²) in [7, 11) is 2.13. The molecule has 1 heterocycles. The zero-order valence-corrected chi connectivity index (χ0v) is 17.2. The topological polar surface area (TPSA) is 35.9 Å². The van der Waals surface area contributed by atoms with Gasteiger partial charge in [0, 0.05) is 16.1 Å². The number of benzene rings is 2. The molecule has 0 spiro atoms. The van der Waals surface area contributed by atoms with E-state index >= 15 is 0 Å². The summed E-state index contributed by atoms with van der Waals surface area (Å²) in [6.07, 6.45) is 6.35. The van der Waals surface area contributed by atoms with Crippen LogP contribution < -0.4 is 4.90 Å². The first kappa shape index (κ1) is 18.4. The molecule has 1 aliphatic carbocycles. The smallest absolute Gasteiger partial charge is 0.278 e. The molecule has 1 saturated carbocycles. The summed E-state index contributed by atoms with van der Waals surface area (Å²) in [5.41, 5.74) is 3.20. The number of amides is 1. The molecular weight excluding hydrogens is 402 g/mol. The Kier molecular flexibility index (Phi) is 5.41. The summed E-state index contributed by atoms with van der Waals surface area (Å²) < 4.78 is 1.00. The van der Waals surface area contributed by atoms with Crippen molar-refractivity contribution in [2.24, 2.45) is 4.99 Å². The lowest BCUT2D eigenvalue weighted by Crippen LogP contribution is -2.44. The van der Waals surface area contributed by atoms with Crippen molar-refractivity contribution in [2.45, 2.75) is 38.1 Å². The molecule has 27 heavy (non-hydrogen) atoms. The van der Waals surface area contributed by atoms with Crippen LogP contribution in [-0.2, 0) is 4.79 Å². The fourth-order valence-electron chi connectivity index (χ4n) is 4.02. The standard InChI is InChI=1S/C22H24BrN3O/c1-25(18-7-3-2-4-8-18)15-26-20-10-6-5-9-19(20)21(22(26)27)24-17-13-11-16(23)12-14-17/h5-6,9-14,18H,2-4,7-8,15H2,1H3. The third-order valence-corrected chi connectivity index (χ3v) is 6.06. The first-order valence-electron chi connectivity index (χ1n) is 9.59. The van der Waals surface area contributed by atoms with Crippen LogP contribution in [-0.4, -0.2) is 36.3 Å². The monoisotopic (exact) mass is 425 g/mol. The predicted octanol–water partition coefficient (Wildman–Crippen LogP) is 5.14. The van der Waals surface area contributed by atoms with Gasteiger partial charge < -0.3 is 0 Å². The quantitative estimate of drug-likeness (QED) is 0.679. The Morgan fingerprint density at radius 2 is 1.78 bits per heavy atom. The number of hydrogen-bond acceptors (Lipinski definition) is 3. The molecule has 0 unspecified atom stereocenters. The van der Waals surface area contributed by atoms with Crippen molar-refractivity contribution in [3.8, 4) is 0 Å². The SMILES string of the molecule is CN(CN1C(=O)C(=Nc2ccc(Br)cc2)c2ccccc21)C1CCCCC1. The van der Waals surface area contributed by atoms with Gasteiger partial charge in [-0.2, -0.15) is 0 Å². The van der Waals surface area contributed by atoms with E-state index in [9.17, 15) is 4.79 Å². The molecule has 4 rings (SSSR count). The van der Waals surface area contributed by atoms with Gasteiger partial charge in [0.2, 0.25) is 0 Å². The second-order valence-corrected chi connectivity index (χ2v) is 8.29.